The fourth-order valence-electron chi connectivity index (χ4n) is 2.50. The lowest BCUT2D eigenvalue weighted by atomic mass is 10.1. The molecule has 1 atom stereocenters. The molecule has 0 spiro atoms. The van der Waals surface area contributed by atoms with E-state index in [9.17, 15) is 15.3 Å². The first kappa shape index (κ1) is 17.4. The minimum Gasteiger partial charge on any atom is -0.622 e. The van der Waals surface area contributed by atoms with E-state index in [1.807, 2.05) is 18.7 Å². The van der Waals surface area contributed by atoms with Gasteiger partial charge in [0.2, 0.25) is 0 Å². The molecule has 1 aromatic rings. The van der Waals surface area contributed by atoms with Gasteiger partial charge in [0.1, 0.15) is 9.07 Å². The molecular formula is C15H17N3O3S2. The first-order chi connectivity index (χ1) is 10.8. The number of rotatable bonds is 5. The van der Waals surface area contributed by atoms with Crippen molar-refractivity contribution in [3.05, 3.63) is 57.8 Å². The highest BCUT2D eigenvalue weighted by atomic mass is 32.2. The number of nitrogens with zero attached hydrogens (tertiary/aromatic N) is 3. The van der Waals surface area contributed by atoms with Crippen LogP contribution in [0.15, 0.2) is 36.9 Å². The molecule has 6 nitrogen and oxygen atoms in total. The lowest BCUT2D eigenvalue weighted by Gasteiger charge is -2.29. The minimum absolute atomic E-state index is 0.0503. The van der Waals surface area contributed by atoms with E-state index < -0.39 is 15.8 Å². The Hall–Kier alpha value is -1.93. The van der Waals surface area contributed by atoms with E-state index >= 15 is 0 Å². The highest BCUT2D eigenvalue weighted by molar-refractivity contribution is 8.24. The van der Waals surface area contributed by atoms with Gasteiger partial charge in [-0.3, -0.25) is 15.0 Å². The average Bonchev–Trinajstić information content (AvgIpc) is 2.68. The maximum atomic E-state index is 12.7. The number of benzene rings is 1. The molecule has 122 valence electrons. The number of non-ortho nitro benzene ring substituents is 1. The molecule has 1 aliphatic rings. The van der Waals surface area contributed by atoms with Gasteiger partial charge in [-0.05, 0) is 19.9 Å². The molecule has 0 saturated carbocycles. The van der Waals surface area contributed by atoms with Crippen molar-refractivity contribution in [2.24, 2.45) is 0 Å². The van der Waals surface area contributed by atoms with Crippen LogP contribution in [0, 0.1) is 15.3 Å². The molecule has 2 rings (SSSR count). The smallest absolute Gasteiger partial charge is 0.270 e. The van der Waals surface area contributed by atoms with Crippen LogP contribution < -0.4 is 0 Å². The third-order valence-electron chi connectivity index (χ3n) is 3.43. The molecule has 0 unspecified atom stereocenters. The number of hydrogen-bond acceptors (Lipinski definition) is 5. The van der Waals surface area contributed by atoms with Crippen molar-refractivity contribution in [3.8, 4) is 0 Å². The molecular weight excluding hydrogens is 334 g/mol. The third kappa shape index (κ3) is 3.70. The second-order valence-electron chi connectivity index (χ2n) is 5.63. The zero-order valence-electron chi connectivity index (χ0n) is 12.8. The summed E-state index contributed by atoms with van der Waals surface area (Å²) in [6.07, 6.45) is 2.56. The van der Waals surface area contributed by atoms with E-state index in [2.05, 4.69) is 6.58 Å². The summed E-state index contributed by atoms with van der Waals surface area (Å²) in [7, 11) is 0. The van der Waals surface area contributed by atoms with Crippen LogP contribution in [0.2, 0.25) is 0 Å². The molecule has 0 N–H and O–H groups in total. The lowest BCUT2D eigenvalue weighted by molar-refractivity contribution is -0.523. The molecule has 23 heavy (non-hydrogen) atoms. The van der Waals surface area contributed by atoms with Crippen molar-refractivity contribution in [1.82, 2.24) is 4.90 Å². The Kier molecular flexibility index (Phi) is 5.06. The summed E-state index contributed by atoms with van der Waals surface area (Å²) in [6.45, 7) is 8.07. The molecule has 8 heteroatoms. The standard InChI is InChI=1S/C15H17N3O3S2/c1-4-8-16-13(15(2,3)23-14(16)22)17(19)10-11-6-5-7-12(9-11)18(20)21/h4-7,9-10,13H,1,8H2,2-3H3/b17-10-/t13-/m1/s1. The molecule has 0 radical (unpaired) electrons. The predicted octanol–water partition coefficient (Wildman–Crippen LogP) is 3.15. The van der Waals surface area contributed by atoms with Crippen molar-refractivity contribution in [1.29, 1.82) is 0 Å². The van der Waals surface area contributed by atoms with E-state index in [0.29, 0.717) is 16.4 Å². The van der Waals surface area contributed by atoms with Gasteiger partial charge in [0, 0.05) is 24.2 Å². The largest absolute Gasteiger partial charge is 0.622 e. The maximum Gasteiger partial charge on any atom is 0.270 e. The SMILES string of the molecule is C=CCN1C(=S)SC(C)(C)[C@H]1/[N+]([O-])=C/c1cccc([N+](=O)[O-])c1. The van der Waals surface area contributed by atoms with Crippen molar-refractivity contribution >= 4 is 40.2 Å². The number of hydrogen-bond donors (Lipinski definition) is 0. The normalized spacial score (nSPS) is 20.6. The second kappa shape index (κ2) is 6.67. The number of thiocarbonyl (C=S) groups is 1. The van der Waals surface area contributed by atoms with Crippen LogP contribution in [-0.4, -0.2) is 42.6 Å². The van der Waals surface area contributed by atoms with Crippen LogP contribution in [0.3, 0.4) is 0 Å². The van der Waals surface area contributed by atoms with E-state index in [1.165, 1.54) is 30.1 Å². The van der Waals surface area contributed by atoms with Crippen molar-refractivity contribution in [2.75, 3.05) is 6.54 Å². The molecule has 1 saturated heterocycles. The van der Waals surface area contributed by atoms with Gasteiger partial charge in [-0.25, -0.2) is 0 Å². The molecule has 1 heterocycles. The number of nitro groups is 1. The highest BCUT2D eigenvalue weighted by Gasteiger charge is 2.49. The quantitative estimate of drug-likeness (QED) is 0.154. The molecule has 1 aliphatic heterocycles. The van der Waals surface area contributed by atoms with Gasteiger partial charge < -0.3 is 5.21 Å². The van der Waals surface area contributed by atoms with Crippen LogP contribution in [0.5, 0.6) is 0 Å². The Balaban J connectivity index is 2.38. The zero-order chi connectivity index (χ0) is 17.2. The number of thioether (sulfide) groups is 1. The maximum absolute atomic E-state index is 12.7. The molecule has 0 amide bonds. The summed E-state index contributed by atoms with van der Waals surface area (Å²) in [5, 5.41) is 23.5. The zero-order valence-corrected chi connectivity index (χ0v) is 14.5. The molecule has 0 aromatic heterocycles. The summed E-state index contributed by atoms with van der Waals surface area (Å²) in [5.74, 6) is 0. The van der Waals surface area contributed by atoms with Gasteiger partial charge in [-0.15, -0.1) is 6.58 Å². The Bertz CT molecular complexity index is 688. The van der Waals surface area contributed by atoms with Crippen LogP contribution in [0.25, 0.3) is 0 Å². The van der Waals surface area contributed by atoms with Gasteiger partial charge in [-0.2, -0.15) is 4.74 Å². The van der Waals surface area contributed by atoms with Gasteiger partial charge in [0.25, 0.3) is 11.9 Å². The Labute approximate surface area is 144 Å². The third-order valence-corrected chi connectivity index (χ3v) is 5.06. The number of nitro benzene ring substituents is 1. The van der Waals surface area contributed by atoms with Crippen molar-refractivity contribution < 1.29 is 9.66 Å². The number of hydroxylamine groups is 1. The van der Waals surface area contributed by atoms with Crippen LogP contribution in [0.1, 0.15) is 19.4 Å². The van der Waals surface area contributed by atoms with E-state index in [-0.39, 0.29) is 5.69 Å². The summed E-state index contributed by atoms with van der Waals surface area (Å²) in [5.41, 5.74) is 0.428. The van der Waals surface area contributed by atoms with Crippen molar-refractivity contribution in [3.63, 3.8) is 0 Å². The lowest BCUT2D eigenvalue weighted by Crippen LogP contribution is -2.47. The van der Waals surface area contributed by atoms with Gasteiger partial charge in [-0.1, -0.05) is 36.1 Å². The molecule has 1 aromatic carbocycles. The fourth-order valence-corrected chi connectivity index (χ4v) is 4.40. The van der Waals surface area contributed by atoms with E-state index in [1.54, 1.807) is 18.2 Å². The highest BCUT2D eigenvalue weighted by Crippen LogP contribution is 2.41. The topological polar surface area (TPSA) is 72.5 Å². The van der Waals surface area contributed by atoms with Gasteiger partial charge in [0.05, 0.1) is 4.92 Å². The van der Waals surface area contributed by atoms with Crippen LogP contribution in [-0.2, 0) is 0 Å². The summed E-state index contributed by atoms with van der Waals surface area (Å²) < 4.78 is 1.06. The Morgan fingerprint density at radius 3 is 2.78 bits per heavy atom. The van der Waals surface area contributed by atoms with Crippen molar-refractivity contribution in [2.45, 2.75) is 24.8 Å². The predicted molar refractivity (Wildman–Crippen MR) is 96.8 cm³/mol. The summed E-state index contributed by atoms with van der Waals surface area (Å²) in [4.78, 5) is 12.2. The molecule has 1 fully saturated rings. The summed E-state index contributed by atoms with van der Waals surface area (Å²) >= 11 is 6.81. The Morgan fingerprint density at radius 2 is 2.17 bits per heavy atom. The summed E-state index contributed by atoms with van der Waals surface area (Å²) in [6, 6.07) is 5.97. The first-order valence-electron chi connectivity index (χ1n) is 6.91. The van der Waals surface area contributed by atoms with Crippen LogP contribution in [0.4, 0.5) is 5.69 Å². The fraction of sp³-hybridized carbons (Fsp3) is 0.333. The minimum atomic E-state index is -0.503. The van der Waals surface area contributed by atoms with Gasteiger partial charge >= 0.3 is 0 Å². The average molecular weight is 351 g/mol. The first-order valence-corrected chi connectivity index (χ1v) is 8.14. The van der Waals surface area contributed by atoms with E-state index in [4.69, 9.17) is 12.2 Å². The Morgan fingerprint density at radius 1 is 1.48 bits per heavy atom. The second-order valence-corrected chi connectivity index (χ2v) is 7.92. The monoisotopic (exact) mass is 351 g/mol. The van der Waals surface area contributed by atoms with Gasteiger partial charge in [0.15, 0.2) is 6.21 Å². The molecule has 0 bridgehead atoms. The van der Waals surface area contributed by atoms with E-state index in [0.717, 1.165) is 4.74 Å². The van der Waals surface area contributed by atoms with Crippen LogP contribution >= 0.6 is 24.0 Å². The molecule has 0 aliphatic carbocycles.